The molecule has 2 heteroatoms. The van der Waals surface area contributed by atoms with Gasteiger partial charge >= 0.3 is 0 Å². The first-order valence-corrected chi connectivity index (χ1v) is 9.08. The molecule has 2 nitrogen and oxygen atoms in total. The van der Waals surface area contributed by atoms with E-state index in [4.69, 9.17) is 9.72 Å². The van der Waals surface area contributed by atoms with Crippen molar-refractivity contribution in [2.24, 2.45) is 0 Å². The summed E-state index contributed by atoms with van der Waals surface area (Å²) in [5.74, 6) is 1.71. The number of fused-ring (bicyclic) bond motifs is 3. The number of hydrogen-bond acceptors (Lipinski definition) is 2. The SMILES string of the molecule is c1ccc(-c2cccc3nc4c(cc23)Oc2cccc3cccc-4c23)cc1. The Morgan fingerprint density at radius 1 is 0.630 bits per heavy atom. The molecule has 0 spiro atoms. The van der Waals surface area contributed by atoms with E-state index in [2.05, 4.69) is 72.8 Å². The summed E-state index contributed by atoms with van der Waals surface area (Å²) in [4.78, 5) is 5.00. The highest BCUT2D eigenvalue weighted by Crippen LogP contribution is 2.46. The van der Waals surface area contributed by atoms with Crippen molar-refractivity contribution in [3.8, 4) is 33.9 Å². The van der Waals surface area contributed by atoms with Crippen molar-refractivity contribution in [1.82, 2.24) is 4.98 Å². The van der Waals surface area contributed by atoms with Gasteiger partial charge in [0.25, 0.3) is 0 Å². The van der Waals surface area contributed by atoms with Crippen molar-refractivity contribution in [1.29, 1.82) is 0 Å². The molecule has 0 fully saturated rings. The Hall–Kier alpha value is -3.65. The summed E-state index contributed by atoms with van der Waals surface area (Å²) in [6, 6.07) is 31.4. The van der Waals surface area contributed by atoms with Gasteiger partial charge in [-0.05, 0) is 34.7 Å². The van der Waals surface area contributed by atoms with Gasteiger partial charge in [-0.1, -0.05) is 72.8 Å². The molecule has 0 N–H and O–H groups in total. The first-order chi connectivity index (χ1) is 13.4. The third-order valence-electron chi connectivity index (χ3n) is 5.25. The van der Waals surface area contributed by atoms with E-state index in [1.807, 2.05) is 18.2 Å². The lowest BCUT2D eigenvalue weighted by molar-refractivity contribution is 0.486. The lowest BCUT2D eigenvalue weighted by Gasteiger charge is -2.21. The molecule has 1 aromatic heterocycles. The first-order valence-electron chi connectivity index (χ1n) is 9.08. The van der Waals surface area contributed by atoms with Crippen LogP contribution >= 0.6 is 0 Å². The van der Waals surface area contributed by atoms with Crippen molar-refractivity contribution >= 4 is 21.7 Å². The van der Waals surface area contributed by atoms with Crippen LogP contribution in [-0.2, 0) is 0 Å². The van der Waals surface area contributed by atoms with Crippen molar-refractivity contribution in [2.45, 2.75) is 0 Å². The molecule has 0 saturated heterocycles. The molecular weight excluding hydrogens is 330 g/mol. The number of rotatable bonds is 1. The van der Waals surface area contributed by atoms with Crippen LogP contribution in [0.2, 0.25) is 0 Å². The molecule has 0 radical (unpaired) electrons. The zero-order chi connectivity index (χ0) is 17.8. The number of benzene rings is 4. The van der Waals surface area contributed by atoms with Gasteiger partial charge in [-0.25, -0.2) is 4.98 Å². The molecule has 0 bridgehead atoms. The van der Waals surface area contributed by atoms with Crippen molar-refractivity contribution in [3.05, 3.63) is 91.0 Å². The number of pyridine rings is 1. The summed E-state index contributed by atoms with van der Waals surface area (Å²) in [6.45, 7) is 0. The van der Waals surface area contributed by atoms with Gasteiger partial charge in [-0.2, -0.15) is 0 Å². The molecule has 5 aromatic rings. The normalized spacial score (nSPS) is 12.0. The maximum Gasteiger partial charge on any atom is 0.154 e. The van der Waals surface area contributed by atoms with Crippen LogP contribution in [0.4, 0.5) is 0 Å². The molecule has 1 aliphatic rings. The fourth-order valence-electron chi connectivity index (χ4n) is 4.02. The standard InChI is InChI=1S/C25H15NO/c1-2-7-16(8-3-1)18-11-6-13-21-20(18)15-23-25(26-21)19-12-4-9-17-10-5-14-22(27-23)24(17)19/h1-15H. The largest absolute Gasteiger partial charge is 0.454 e. The minimum Gasteiger partial charge on any atom is -0.454 e. The van der Waals surface area contributed by atoms with Crippen LogP contribution < -0.4 is 4.74 Å². The van der Waals surface area contributed by atoms with Gasteiger partial charge in [0, 0.05) is 16.3 Å². The monoisotopic (exact) mass is 345 g/mol. The van der Waals surface area contributed by atoms with Crippen LogP contribution in [-0.4, -0.2) is 4.98 Å². The van der Waals surface area contributed by atoms with Crippen LogP contribution in [0.1, 0.15) is 0 Å². The van der Waals surface area contributed by atoms with Gasteiger partial charge in [-0.15, -0.1) is 0 Å². The van der Waals surface area contributed by atoms with Gasteiger partial charge in [0.05, 0.1) is 5.52 Å². The third-order valence-corrected chi connectivity index (χ3v) is 5.25. The quantitative estimate of drug-likeness (QED) is 0.326. The zero-order valence-electron chi connectivity index (χ0n) is 14.5. The highest BCUT2D eigenvalue weighted by Gasteiger charge is 2.22. The topological polar surface area (TPSA) is 22.1 Å². The zero-order valence-corrected chi connectivity index (χ0v) is 14.5. The van der Waals surface area contributed by atoms with E-state index >= 15 is 0 Å². The van der Waals surface area contributed by atoms with E-state index in [9.17, 15) is 0 Å². The summed E-state index contributed by atoms with van der Waals surface area (Å²) in [5, 5.41) is 3.42. The van der Waals surface area contributed by atoms with Crippen molar-refractivity contribution in [2.75, 3.05) is 0 Å². The molecule has 0 atom stereocenters. The van der Waals surface area contributed by atoms with Gasteiger partial charge in [0.15, 0.2) is 5.75 Å². The molecule has 1 aliphatic heterocycles. The van der Waals surface area contributed by atoms with Crippen LogP contribution in [0.3, 0.4) is 0 Å². The fraction of sp³-hybridized carbons (Fsp3) is 0. The van der Waals surface area contributed by atoms with Crippen LogP contribution in [0.15, 0.2) is 91.0 Å². The number of hydrogen-bond donors (Lipinski definition) is 0. The maximum atomic E-state index is 6.29. The van der Waals surface area contributed by atoms with Gasteiger partial charge in [-0.3, -0.25) is 0 Å². The molecule has 2 heterocycles. The average Bonchev–Trinajstić information content (AvgIpc) is 2.73. The van der Waals surface area contributed by atoms with Crippen LogP contribution in [0.25, 0.3) is 44.1 Å². The second-order valence-corrected chi connectivity index (χ2v) is 6.84. The summed E-state index contributed by atoms with van der Waals surface area (Å²) >= 11 is 0. The van der Waals surface area contributed by atoms with E-state index in [-0.39, 0.29) is 0 Å². The number of ether oxygens (including phenoxy) is 1. The summed E-state index contributed by atoms with van der Waals surface area (Å²) in [5.41, 5.74) is 5.38. The Morgan fingerprint density at radius 2 is 1.41 bits per heavy atom. The molecule has 0 amide bonds. The highest BCUT2D eigenvalue weighted by molar-refractivity contribution is 6.05. The van der Waals surface area contributed by atoms with Crippen molar-refractivity contribution in [3.63, 3.8) is 0 Å². The lowest BCUT2D eigenvalue weighted by Crippen LogP contribution is -2.00. The molecule has 0 aliphatic carbocycles. The van der Waals surface area contributed by atoms with Gasteiger partial charge < -0.3 is 4.74 Å². The second-order valence-electron chi connectivity index (χ2n) is 6.84. The van der Waals surface area contributed by atoms with E-state index in [1.54, 1.807) is 0 Å². The Kier molecular flexibility index (Phi) is 2.91. The third kappa shape index (κ3) is 2.10. The molecule has 6 rings (SSSR count). The number of nitrogens with zero attached hydrogens (tertiary/aromatic N) is 1. The maximum absolute atomic E-state index is 6.29. The van der Waals surface area contributed by atoms with Crippen molar-refractivity contribution < 1.29 is 4.74 Å². The minimum absolute atomic E-state index is 0.817. The van der Waals surface area contributed by atoms with E-state index in [1.165, 1.54) is 16.5 Å². The Bertz CT molecular complexity index is 1330. The molecule has 0 unspecified atom stereocenters. The van der Waals surface area contributed by atoms with E-state index < -0.39 is 0 Å². The molecule has 27 heavy (non-hydrogen) atoms. The highest BCUT2D eigenvalue weighted by atomic mass is 16.5. The van der Waals surface area contributed by atoms with Crippen LogP contribution in [0.5, 0.6) is 11.5 Å². The molecule has 0 saturated carbocycles. The molecule has 4 aromatic carbocycles. The Balaban J connectivity index is 1.67. The predicted molar refractivity (Wildman–Crippen MR) is 110 cm³/mol. The summed E-state index contributed by atoms with van der Waals surface area (Å²) < 4.78 is 6.29. The van der Waals surface area contributed by atoms with E-state index in [0.29, 0.717) is 0 Å². The average molecular weight is 345 g/mol. The second kappa shape index (κ2) is 5.42. The summed E-state index contributed by atoms with van der Waals surface area (Å²) in [6.07, 6.45) is 0. The van der Waals surface area contributed by atoms with Gasteiger partial charge in [0.2, 0.25) is 0 Å². The minimum atomic E-state index is 0.817. The molecular formula is C25H15NO. The fourth-order valence-corrected chi connectivity index (χ4v) is 4.02. The molecule has 126 valence electrons. The smallest absolute Gasteiger partial charge is 0.154 e. The predicted octanol–water partition coefficient (Wildman–Crippen LogP) is 6.83. The Labute approximate surface area is 156 Å². The Morgan fingerprint density at radius 3 is 2.30 bits per heavy atom. The lowest BCUT2D eigenvalue weighted by atomic mass is 9.96. The van der Waals surface area contributed by atoms with E-state index in [0.717, 1.165) is 39.0 Å². The first kappa shape index (κ1) is 14.5. The van der Waals surface area contributed by atoms with Gasteiger partial charge in [0.1, 0.15) is 11.4 Å². The van der Waals surface area contributed by atoms with Crippen LogP contribution in [0, 0.1) is 0 Å². The number of aromatic nitrogens is 1. The summed E-state index contributed by atoms with van der Waals surface area (Å²) in [7, 11) is 0.